The number of hydrogen-bond donors (Lipinski definition) is 2. The van der Waals surface area contributed by atoms with Crippen molar-refractivity contribution < 1.29 is 23.8 Å². The summed E-state index contributed by atoms with van der Waals surface area (Å²) in [6.07, 6.45) is 2.00. The molecular weight excluding hydrogens is 484 g/mol. The smallest absolute Gasteiger partial charge is 0.255 e. The van der Waals surface area contributed by atoms with Crippen LogP contribution in [0.25, 0.3) is 0 Å². The van der Waals surface area contributed by atoms with Crippen LogP contribution in [0.15, 0.2) is 60.7 Å². The van der Waals surface area contributed by atoms with Gasteiger partial charge in [0.2, 0.25) is 6.79 Å². The molecule has 196 valence electrons. The number of ether oxygens (including phenoxy) is 3. The van der Waals surface area contributed by atoms with Crippen LogP contribution in [0, 0.1) is 0 Å². The van der Waals surface area contributed by atoms with Crippen LogP contribution in [0.2, 0.25) is 0 Å². The number of fused-ring (bicyclic) bond motifs is 1. The van der Waals surface area contributed by atoms with E-state index >= 15 is 0 Å². The minimum atomic E-state index is -0.282. The Labute approximate surface area is 221 Å². The number of amides is 2. The number of anilines is 3. The molecule has 2 fully saturated rings. The van der Waals surface area contributed by atoms with Gasteiger partial charge in [0, 0.05) is 49.2 Å². The Bertz CT molecular complexity index is 1360. The lowest BCUT2D eigenvalue weighted by atomic mass is 10.1. The number of methoxy groups -OCH3 is 1. The second-order valence-electron chi connectivity index (χ2n) is 9.65. The van der Waals surface area contributed by atoms with E-state index in [0.29, 0.717) is 28.3 Å². The number of para-hydroxylation sites is 2. The summed E-state index contributed by atoms with van der Waals surface area (Å²) in [6, 6.07) is 18.9. The highest BCUT2D eigenvalue weighted by molar-refractivity contribution is 6.06. The monoisotopic (exact) mass is 514 g/mol. The minimum absolute atomic E-state index is 0.117. The molecule has 2 amide bonds. The number of carbonyl (C=O) groups excluding carboxylic acids is 2. The first-order valence-corrected chi connectivity index (χ1v) is 12.9. The van der Waals surface area contributed by atoms with Gasteiger partial charge in [-0.15, -0.1) is 0 Å². The molecule has 38 heavy (non-hydrogen) atoms. The van der Waals surface area contributed by atoms with Crippen molar-refractivity contribution >= 4 is 28.9 Å². The maximum atomic E-state index is 13.3. The fraction of sp³-hybridized carbons (Fsp3) is 0.310. The van der Waals surface area contributed by atoms with Crippen LogP contribution in [0.4, 0.5) is 17.1 Å². The van der Waals surface area contributed by atoms with Crippen LogP contribution in [-0.2, 0) is 0 Å². The Morgan fingerprint density at radius 3 is 2.34 bits per heavy atom. The molecule has 2 aliphatic heterocycles. The number of hydrogen-bond acceptors (Lipinski definition) is 7. The molecule has 9 heteroatoms. The van der Waals surface area contributed by atoms with Gasteiger partial charge in [0.15, 0.2) is 11.5 Å². The van der Waals surface area contributed by atoms with Crippen LogP contribution < -0.4 is 34.6 Å². The minimum Gasteiger partial charge on any atom is -0.495 e. The summed E-state index contributed by atoms with van der Waals surface area (Å²) < 4.78 is 16.3. The van der Waals surface area contributed by atoms with Gasteiger partial charge in [-0.25, -0.2) is 0 Å². The molecule has 3 aromatic rings. The average Bonchev–Trinajstić information content (AvgIpc) is 3.65. The van der Waals surface area contributed by atoms with Gasteiger partial charge in [0.05, 0.1) is 18.4 Å². The van der Waals surface area contributed by atoms with Crippen molar-refractivity contribution in [3.63, 3.8) is 0 Å². The zero-order valence-corrected chi connectivity index (χ0v) is 21.2. The molecule has 0 atom stereocenters. The van der Waals surface area contributed by atoms with E-state index in [1.54, 1.807) is 31.4 Å². The third kappa shape index (κ3) is 4.91. The van der Waals surface area contributed by atoms with E-state index < -0.39 is 0 Å². The van der Waals surface area contributed by atoms with E-state index in [9.17, 15) is 9.59 Å². The maximum Gasteiger partial charge on any atom is 0.255 e. The lowest BCUT2D eigenvalue weighted by Gasteiger charge is -2.38. The van der Waals surface area contributed by atoms with Crippen molar-refractivity contribution in [2.45, 2.75) is 18.9 Å². The van der Waals surface area contributed by atoms with Gasteiger partial charge in [-0.05, 0) is 61.4 Å². The topological polar surface area (TPSA) is 92.4 Å². The summed E-state index contributed by atoms with van der Waals surface area (Å²) in [4.78, 5) is 30.8. The summed E-state index contributed by atoms with van der Waals surface area (Å²) in [5.74, 6) is 1.62. The van der Waals surface area contributed by atoms with E-state index in [1.807, 2.05) is 30.3 Å². The fourth-order valence-electron chi connectivity index (χ4n) is 4.88. The van der Waals surface area contributed by atoms with Crippen molar-refractivity contribution in [1.29, 1.82) is 0 Å². The molecule has 9 nitrogen and oxygen atoms in total. The highest BCUT2D eigenvalue weighted by atomic mass is 16.7. The summed E-state index contributed by atoms with van der Waals surface area (Å²) >= 11 is 0. The molecular formula is C29H30N4O5. The molecule has 0 spiro atoms. The molecule has 0 aromatic heterocycles. The molecule has 1 aliphatic carbocycles. The Hall–Kier alpha value is -4.40. The van der Waals surface area contributed by atoms with Crippen molar-refractivity contribution in [2.24, 2.45) is 0 Å². The van der Waals surface area contributed by atoms with Gasteiger partial charge in [0.1, 0.15) is 5.75 Å². The first-order chi connectivity index (χ1) is 18.6. The SMILES string of the molecule is COc1ccccc1N1CCN(c2ccc(NC(=O)c3ccc4c(c3)OCO4)cc2C(=O)NC2CC2)CC1. The molecule has 0 radical (unpaired) electrons. The average molecular weight is 515 g/mol. The molecule has 3 aliphatic rings. The van der Waals surface area contributed by atoms with Gasteiger partial charge in [0.25, 0.3) is 11.8 Å². The summed E-state index contributed by atoms with van der Waals surface area (Å²) in [6.45, 7) is 3.25. The quantitative estimate of drug-likeness (QED) is 0.494. The Balaban J connectivity index is 1.20. The number of nitrogens with zero attached hydrogens (tertiary/aromatic N) is 2. The normalized spacial score (nSPS) is 16.2. The number of nitrogens with one attached hydrogen (secondary N) is 2. The maximum absolute atomic E-state index is 13.3. The third-order valence-corrected chi connectivity index (χ3v) is 7.09. The first kappa shape index (κ1) is 24.0. The fourth-order valence-corrected chi connectivity index (χ4v) is 4.88. The van der Waals surface area contributed by atoms with E-state index in [-0.39, 0.29) is 24.6 Å². The Morgan fingerprint density at radius 1 is 0.842 bits per heavy atom. The van der Waals surface area contributed by atoms with Crippen LogP contribution in [0.1, 0.15) is 33.6 Å². The van der Waals surface area contributed by atoms with Crippen LogP contribution in [0.5, 0.6) is 17.2 Å². The van der Waals surface area contributed by atoms with E-state index in [4.69, 9.17) is 14.2 Å². The molecule has 6 rings (SSSR count). The standard InChI is InChI=1S/C29H30N4O5/c1-36-25-5-3-2-4-24(25)33-14-12-32(13-15-33)23-10-9-21(17-22(23)29(35)30-20-7-8-20)31-28(34)19-6-11-26-27(16-19)38-18-37-26/h2-6,9-11,16-17,20H,7-8,12-15,18H2,1H3,(H,30,35)(H,31,34). The second kappa shape index (κ2) is 10.2. The summed E-state index contributed by atoms with van der Waals surface area (Å²) in [5, 5.41) is 6.03. The molecule has 2 heterocycles. The highest BCUT2D eigenvalue weighted by Gasteiger charge is 2.28. The molecule has 3 aromatic carbocycles. The predicted octanol–water partition coefficient (Wildman–Crippen LogP) is 3.90. The van der Waals surface area contributed by atoms with E-state index in [1.165, 1.54) is 0 Å². The number of benzene rings is 3. The number of rotatable bonds is 7. The van der Waals surface area contributed by atoms with Crippen molar-refractivity contribution in [3.05, 3.63) is 71.8 Å². The van der Waals surface area contributed by atoms with E-state index in [2.05, 4.69) is 26.5 Å². The van der Waals surface area contributed by atoms with E-state index in [0.717, 1.165) is 56.1 Å². The van der Waals surface area contributed by atoms with Crippen molar-refractivity contribution in [1.82, 2.24) is 5.32 Å². The lowest BCUT2D eigenvalue weighted by Crippen LogP contribution is -2.47. The van der Waals surface area contributed by atoms with Crippen LogP contribution >= 0.6 is 0 Å². The number of piperazine rings is 1. The lowest BCUT2D eigenvalue weighted by molar-refractivity contribution is 0.0950. The van der Waals surface area contributed by atoms with Gasteiger partial charge in [-0.1, -0.05) is 12.1 Å². The summed E-state index contributed by atoms with van der Waals surface area (Å²) in [7, 11) is 1.69. The molecule has 0 unspecified atom stereocenters. The Morgan fingerprint density at radius 2 is 1.58 bits per heavy atom. The van der Waals surface area contributed by atoms with Crippen molar-refractivity contribution in [2.75, 3.05) is 55.2 Å². The zero-order chi connectivity index (χ0) is 26.1. The molecule has 0 bridgehead atoms. The summed E-state index contributed by atoms with van der Waals surface area (Å²) in [5.41, 5.74) is 3.51. The first-order valence-electron chi connectivity index (χ1n) is 12.9. The number of carbonyl (C=O) groups is 2. The second-order valence-corrected chi connectivity index (χ2v) is 9.65. The Kier molecular flexibility index (Phi) is 6.41. The predicted molar refractivity (Wildman–Crippen MR) is 145 cm³/mol. The molecule has 1 saturated carbocycles. The largest absolute Gasteiger partial charge is 0.495 e. The third-order valence-electron chi connectivity index (χ3n) is 7.09. The van der Waals surface area contributed by atoms with Crippen LogP contribution in [-0.4, -0.2) is 57.9 Å². The molecule has 2 N–H and O–H groups in total. The van der Waals surface area contributed by atoms with Crippen molar-refractivity contribution in [3.8, 4) is 17.2 Å². The van der Waals surface area contributed by atoms with Gasteiger partial charge in [-0.3, -0.25) is 9.59 Å². The van der Waals surface area contributed by atoms with Gasteiger partial charge >= 0.3 is 0 Å². The van der Waals surface area contributed by atoms with Gasteiger partial charge < -0.3 is 34.6 Å². The van der Waals surface area contributed by atoms with Crippen LogP contribution in [0.3, 0.4) is 0 Å². The highest BCUT2D eigenvalue weighted by Crippen LogP contribution is 2.34. The zero-order valence-electron chi connectivity index (χ0n) is 21.2. The molecule has 1 saturated heterocycles. The van der Waals surface area contributed by atoms with Gasteiger partial charge in [-0.2, -0.15) is 0 Å².